The molecule has 3 aromatic carbocycles. The van der Waals surface area contributed by atoms with Crippen molar-refractivity contribution < 1.29 is 19.1 Å². The van der Waals surface area contributed by atoms with Crippen molar-refractivity contribution in [3.8, 4) is 0 Å². The number of aryl methyl sites for hydroxylation is 2. The molecule has 152 valence electrons. The van der Waals surface area contributed by atoms with E-state index in [1.54, 1.807) is 42.5 Å². The van der Waals surface area contributed by atoms with Crippen LogP contribution in [0.2, 0.25) is 0 Å². The highest BCUT2D eigenvalue weighted by molar-refractivity contribution is 5.96. The molecule has 6 nitrogen and oxygen atoms in total. The molecular weight excluding hydrogens is 380 g/mol. The Morgan fingerprint density at radius 2 is 1.33 bits per heavy atom. The standard InChI is InChI=1S/C24H22N2O4/c27-22(25-26-23(28)20-12-5-2-6-13-20)17-30-24(29)21-14-8-7-11-19(21)16-15-18-9-3-1-4-10-18/h1-14H,15-17H2,(H,25,27)(H,26,28). The fraction of sp³-hybridized carbons (Fsp3) is 0.125. The monoisotopic (exact) mass is 402 g/mol. The lowest BCUT2D eigenvalue weighted by Gasteiger charge is -2.11. The Bertz CT molecular complexity index is 1000. The van der Waals surface area contributed by atoms with Crippen LogP contribution in [0, 0.1) is 0 Å². The van der Waals surface area contributed by atoms with Crippen LogP contribution in [0.1, 0.15) is 31.8 Å². The van der Waals surface area contributed by atoms with Crippen molar-refractivity contribution >= 4 is 17.8 Å². The molecule has 2 amide bonds. The molecule has 2 N–H and O–H groups in total. The molecule has 0 saturated heterocycles. The number of ether oxygens (including phenoxy) is 1. The Kier molecular flexibility index (Phi) is 7.33. The summed E-state index contributed by atoms with van der Waals surface area (Å²) in [5.74, 6) is -1.67. The van der Waals surface area contributed by atoms with Crippen molar-refractivity contribution in [2.75, 3.05) is 6.61 Å². The zero-order chi connectivity index (χ0) is 21.2. The average molecular weight is 402 g/mol. The molecule has 0 aromatic heterocycles. The molecule has 0 aliphatic heterocycles. The number of hydrogen-bond acceptors (Lipinski definition) is 4. The lowest BCUT2D eigenvalue weighted by Crippen LogP contribution is -2.43. The smallest absolute Gasteiger partial charge is 0.338 e. The summed E-state index contributed by atoms with van der Waals surface area (Å²) < 4.78 is 5.12. The van der Waals surface area contributed by atoms with E-state index in [0.717, 1.165) is 12.0 Å². The van der Waals surface area contributed by atoms with Gasteiger partial charge in [0.25, 0.3) is 11.8 Å². The minimum atomic E-state index is -0.630. The third kappa shape index (κ3) is 6.04. The molecule has 0 fully saturated rings. The van der Waals surface area contributed by atoms with Crippen LogP contribution in [0.4, 0.5) is 0 Å². The van der Waals surface area contributed by atoms with Crippen molar-refractivity contribution in [1.82, 2.24) is 10.9 Å². The minimum Gasteiger partial charge on any atom is -0.452 e. The third-order valence-electron chi connectivity index (χ3n) is 4.45. The van der Waals surface area contributed by atoms with Gasteiger partial charge in [0.15, 0.2) is 6.61 Å². The van der Waals surface area contributed by atoms with Gasteiger partial charge in [-0.1, -0.05) is 66.7 Å². The molecule has 30 heavy (non-hydrogen) atoms. The van der Waals surface area contributed by atoms with E-state index in [2.05, 4.69) is 10.9 Å². The zero-order valence-electron chi connectivity index (χ0n) is 16.3. The number of hydrazine groups is 1. The maximum absolute atomic E-state index is 12.5. The highest BCUT2D eigenvalue weighted by atomic mass is 16.5. The minimum absolute atomic E-state index is 0.405. The van der Waals surface area contributed by atoms with Crippen LogP contribution in [0.15, 0.2) is 84.9 Å². The summed E-state index contributed by atoms with van der Waals surface area (Å²) in [7, 11) is 0. The van der Waals surface area contributed by atoms with E-state index in [4.69, 9.17) is 4.74 Å². The third-order valence-corrected chi connectivity index (χ3v) is 4.45. The van der Waals surface area contributed by atoms with Gasteiger partial charge in [0.2, 0.25) is 0 Å². The van der Waals surface area contributed by atoms with Crippen LogP contribution in [0.5, 0.6) is 0 Å². The average Bonchev–Trinajstić information content (AvgIpc) is 2.81. The van der Waals surface area contributed by atoms with E-state index >= 15 is 0 Å². The molecule has 0 bridgehead atoms. The second kappa shape index (κ2) is 10.6. The van der Waals surface area contributed by atoms with E-state index in [9.17, 15) is 14.4 Å². The first-order valence-corrected chi connectivity index (χ1v) is 9.56. The summed E-state index contributed by atoms with van der Waals surface area (Å²) in [6.07, 6.45) is 1.46. The molecule has 0 spiro atoms. The van der Waals surface area contributed by atoms with Crippen LogP contribution < -0.4 is 10.9 Å². The molecule has 0 saturated carbocycles. The number of esters is 1. The van der Waals surface area contributed by atoms with Crippen LogP contribution in [-0.4, -0.2) is 24.4 Å². The summed E-state index contributed by atoms with van der Waals surface area (Å²) in [4.78, 5) is 36.3. The molecule has 3 rings (SSSR count). The molecule has 0 radical (unpaired) electrons. The van der Waals surface area contributed by atoms with E-state index in [-0.39, 0.29) is 0 Å². The number of carbonyl (C=O) groups is 3. The highest BCUT2D eigenvalue weighted by Gasteiger charge is 2.15. The largest absolute Gasteiger partial charge is 0.452 e. The first-order chi connectivity index (χ1) is 14.6. The lowest BCUT2D eigenvalue weighted by atomic mass is 10.00. The Morgan fingerprint density at radius 3 is 2.07 bits per heavy atom. The summed E-state index contributed by atoms with van der Waals surface area (Å²) in [5, 5.41) is 0. The van der Waals surface area contributed by atoms with Gasteiger partial charge in [-0.25, -0.2) is 4.79 Å². The van der Waals surface area contributed by atoms with Crippen LogP contribution in [-0.2, 0) is 22.4 Å². The Labute approximate surface area is 174 Å². The Hall–Kier alpha value is -3.93. The summed E-state index contributed by atoms with van der Waals surface area (Å²) in [6, 6.07) is 25.6. The van der Waals surface area contributed by atoms with Gasteiger partial charge in [-0.2, -0.15) is 0 Å². The van der Waals surface area contributed by atoms with Crippen molar-refractivity contribution in [2.24, 2.45) is 0 Å². The number of carbonyl (C=O) groups excluding carboxylic acids is 3. The van der Waals surface area contributed by atoms with Gasteiger partial charge < -0.3 is 4.74 Å². The maximum Gasteiger partial charge on any atom is 0.338 e. The Balaban J connectivity index is 1.49. The highest BCUT2D eigenvalue weighted by Crippen LogP contribution is 2.14. The normalized spacial score (nSPS) is 10.1. The van der Waals surface area contributed by atoms with Crippen molar-refractivity contribution in [3.05, 3.63) is 107 Å². The van der Waals surface area contributed by atoms with Crippen LogP contribution in [0.25, 0.3) is 0 Å². The number of benzene rings is 3. The molecule has 0 aliphatic carbocycles. The zero-order valence-corrected chi connectivity index (χ0v) is 16.3. The van der Waals surface area contributed by atoms with Gasteiger partial charge in [0.05, 0.1) is 5.56 Å². The second-order valence-corrected chi connectivity index (χ2v) is 6.59. The second-order valence-electron chi connectivity index (χ2n) is 6.59. The van der Waals surface area contributed by atoms with Crippen molar-refractivity contribution in [3.63, 3.8) is 0 Å². The summed E-state index contributed by atoms with van der Waals surface area (Å²) in [5.41, 5.74) is 7.37. The molecule has 6 heteroatoms. The fourth-order valence-electron chi connectivity index (χ4n) is 2.89. The molecular formula is C24H22N2O4. The lowest BCUT2D eigenvalue weighted by molar-refractivity contribution is -0.125. The predicted octanol–water partition coefficient (Wildman–Crippen LogP) is 3.09. The van der Waals surface area contributed by atoms with Gasteiger partial charge in [0.1, 0.15) is 0 Å². The predicted molar refractivity (Wildman–Crippen MR) is 113 cm³/mol. The van der Waals surface area contributed by atoms with Gasteiger partial charge in [-0.05, 0) is 42.2 Å². The van der Waals surface area contributed by atoms with E-state index in [1.807, 2.05) is 42.5 Å². The van der Waals surface area contributed by atoms with Crippen molar-refractivity contribution in [1.29, 1.82) is 0 Å². The fourth-order valence-corrected chi connectivity index (χ4v) is 2.89. The van der Waals surface area contributed by atoms with E-state index in [1.165, 1.54) is 5.56 Å². The maximum atomic E-state index is 12.5. The Morgan fingerprint density at radius 1 is 0.700 bits per heavy atom. The van der Waals surface area contributed by atoms with Gasteiger partial charge in [-0.3, -0.25) is 20.4 Å². The molecule has 0 unspecified atom stereocenters. The molecule has 0 atom stereocenters. The van der Waals surface area contributed by atoms with E-state index < -0.39 is 24.4 Å². The molecule has 0 aliphatic rings. The van der Waals surface area contributed by atoms with E-state index in [0.29, 0.717) is 17.5 Å². The van der Waals surface area contributed by atoms with Gasteiger partial charge in [-0.15, -0.1) is 0 Å². The number of rotatable bonds is 7. The van der Waals surface area contributed by atoms with Crippen LogP contribution in [0.3, 0.4) is 0 Å². The van der Waals surface area contributed by atoms with Crippen molar-refractivity contribution in [2.45, 2.75) is 12.8 Å². The molecule has 0 heterocycles. The summed E-state index contributed by atoms with van der Waals surface area (Å²) in [6.45, 7) is -0.499. The van der Waals surface area contributed by atoms with Crippen LogP contribution >= 0.6 is 0 Å². The van der Waals surface area contributed by atoms with Gasteiger partial charge >= 0.3 is 5.97 Å². The first kappa shape index (κ1) is 20.8. The quantitative estimate of drug-likeness (QED) is 0.470. The first-order valence-electron chi connectivity index (χ1n) is 9.56. The number of nitrogens with one attached hydrogen (secondary N) is 2. The molecule has 3 aromatic rings. The topological polar surface area (TPSA) is 84.5 Å². The van der Waals surface area contributed by atoms with Gasteiger partial charge in [0, 0.05) is 5.56 Å². The summed E-state index contributed by atoms with van der Waals surface area (Å²) >= 11 is 0. The number of hydrogen-bond donors (Lipinski definition) is 2. The SMILES string of the molecule is O=C(COC(=O)c1ccccc1CCc1ccccc1)NNC(=O)c1ccccc1. The number of amides is 2.